The van der Waals surface area contributed by atoms with Crippen LogP contribution in [0.25, 0.3) is 21.9 Å². The molecule has 26 heavy (non-hydrogen) atoms. The summed E-state index contributed by atoms with van der Waals surface area (Å²) in [5.41, 5.74) is 3.04. The Kier molecular flexibility index (Phi) is 3.18. The fourth-order valence-corrected chi connectivity index (χ4v) is 3.04. The summed E-state index contributed by atoms with van der Waals surface area (Å²) in [5, 5.41) is 15.4. The number of aromatic nitrogens is 5. The molecule has 5 rings (SSSR count). The number of carbonyl (C=O) groups excluding carboxylic acids is 1. The first-order valence-corrected chi connectivity index (χ1v) is 8.54. The normalized spacial score (nSPS) is 14.0. The molecule has 0 spiro atoms. The smallest absolute Gasteiger partial charge is 0.231 e. The summed E-state index contributed by atoms with van der Waals surface area (Å²) in [5.74, 6) is 1.15. The molecular weight excluding hydrogens is 330 g/mol. The molecule has 1 aliphatic carbocycles. The van der Waals surface area contributed by atoms with E-state index < -0.39 is 0 Å². The Bertz CT molecular complexity index is 1140. The molecule has 1 saturated carbocycles. The van der Waals surface area contributed by atoms with Crippen molar-refractivity contribution in [2.24, 2.45) is 0 Å². The molecule has 1 aromatic carbocycles. The highest BCUT2D eigenvalue weighted by Crippen LogP contribution is 2.31. The van der Waals surface area contributed by atoms with E-state index in [-0.39, 0.29) is 5.78 Å². The summed E-state index contributed by atoms with van der Waals surface area (Å²) in [4.78, 5) is 24.2. The first-order valence-electron chi connectivity index (χ1n) is 8.54. The third kappa shape index (κ3) is 2.55. The Morgan fingerprint density at radius 1 is 1.27 bits per heavy atom. The SMILES string of the molecule is CC(=O)c1c[nH]c2nc(Nc3ccc4cn[nH]c4c3)nc(NC3CC3)c12. The van der Waals surface area contributed by atoms with Crippen LogP contribution in [0.15, 0.2) is 30.6 Å². The number of nitrogens with one attached hydrogen (secondary N) is 4. The van der Waals surface area contributed by atoms with E-state index in [1.807, 2.05) is 18.2 Å². The average Bonchev–Trinajstić information content (AvgIpc) is 3.14. The van der Waals surface area contributed by atoms with E-state index in [4.69, 9.17) is 0 Å². The number of Topliss-reactive ketones (excluding diaryl/α,β-unsaturated/α-hetero) is 1. The summed E-state index contributed by atoms with van der Waals surface area (Å²) in [6.45, 7) is 1.55. The second kappa shape index (κ2) is 5.55. The molecule has 0 bridgehead atoms. The number of anilines is 3. The van der Waals surface area contributed by atoms with Gasteiger partial charge in [-0.3, -0.25) is 9.89 Å². The van der Waals surface area contributed by atoms with Crippen LogP contribution >= 0.6 is 0 Å². The number of ketones is 1. The molecule has 3 aromatic heterocycles. The van der Waals surface area contributed by atoms with Crippen molar-refractivity contribution in [1.29, 1.82) is 0 Å². The minimum atomic E-state index is -0.0101. The monoisotopic (exact) mass is 347 g/mol. The highest BCUT2D eigenvalue weighted by molar-refractivity contribution is 6.10. The Balaban J connectivity index is 1.57. The van der Waals surface area contributed by atoms with Crippen molar-refractivity contribution in [3.8, 4) is 0 Å². The van der Waals surface area contributed by atoms with Crippen LogP contribution in [-0.2, 0) is 0 Å². The molecule has 0 unspecified atom stereocenters. The van der Waals surface area contributed by atoms with Crippen LogP contribution < -0.4 is 10.6 Å². The molecular formula is C18H17N7O. The topological polar surface area (TPSA) is 111 Å². The van der Waals surface area contributed by atoms with Gasteiger partial charge in [-0.15, -0.1) is 0 Å². The molecule has 8 heteroatoms. The number of hydrogen-bond donors (Lipinski definition) is 4. The zero-order chi connectivity index (χ0) is 17.7. The lowest BCUT2D eigenvalue weighted by Crippen LogP contribution is -2.07. The maximum absolute atomic E-state index is 11.9. The van der Waals surface area contributed by atoms with Crippen molar-refractivity contribution in [2.75, 3.05) is 10.6 Å². The highest BCUT2D eigenvalue weighted by Gasteiger charge is 2.25. The number of fused-ring (bicyclic) bond motifs is 2. The number of H-pyrrole nitrogens is 2. The zero-order valence-electron chi connectivity index (χ0n) is 14.1. The predicted molar refractivity (Wildman–Crippen MR) is 99.9 cm³/mol. The van der Waals surface area contributed by atoms with E-state index in [0.717, 1.165) is 34.8 Å². The van der Waals surface area contributed by atoms with Gasteiger partial charge >= 0.3 is 0 Å². The summed E-state index contributed by atoms with van der Waals surface area (Å²) >= 11 is 0. The summed E-state index contributed by atoms with van der Waals surface area (Å²) in [6, 6.07) is 6.30. The Morgan fingerprint density at radius 3 is 2.96 bits per heavy atom. The van der Waals surface area contributed by atoms with Gasteiger partial charge in [0, 0.05) is 28.9 Å². The molecule has 4 aromatic rings. The molecule has 130 valence electrons. The fourth-order valence-electron chi connectivity index (χ4n) is 3.04. The van der Waals surface area contributed by atoms with Crippen LogP contribution in [0.3, 0.4) is 0 Å². The molecule has 0 saturated heterocycles. The quantitative estimate of drug-likeness (QED) is 0.412. The molecule has 1 fully saturated rings. The van der Waals surface area contributed by atoms with Crippen LogP contribution in [0.5, 0.6) is 0 Å². The molecule has 0 amide bonds. The minimum absolute atomic E-state index is 0.0101. The molecule has 1 aliphatic rings. The maximum Gasteiger partial charge on any atom is 0.231 e. The van der Waals surface area contributed by atoms with E-state index in [9.17, 15) is 4.79 Å². The van der Waals surface area contributed by atoms with Crippen molar-refractivity contribution in [3.05, 3.63) is 36.2 Å². The summed E-state index contributed by atoms with van der Waals surface area (Å²) in [7, 11) is 0. The largest absolute Gasteiger partial charge is 0.367 e. The van der Waals surface area contributed by atoms with E-state index in [2.05, 4.69) is 35.8 Å². The number of hydrogen-bond acceptors (Lipinski definition) is 6. The van der Waals surface area contributed by atoms with E-state index in [1.165, 1.54) is 0 Å². The van der Waals surface area contributed by atoms with Gasteiger partial charge in [0.1, 0.15) is 11.5 Å². The number of carbonyl (C=O) groups is 1. The third-order valence-electron chi connectivity index (χ3n) is 4.53. The van der Waals surface area contributed by atoms with Crippen LogP contribution in [0.1, 0.15) is 30.1 Å². The molecule has 0 aliphatic heterocycles. The van der Waals surface area contributed by atoms with Crippen LogP contribution in [0.4, 0.5) is 17.5 Å². The Labute approximate surface area is 148 Å². The lowest BCUT2D eigenvalue weighted by atomic mass is 10.1. The first kappa shape index (κ1) is 14.9. The van der Waals surface area contributed by atoms with Gasteiger partial charge in [0.05, 0.1) is 17.1 Å². The highest BCUT2D eigenvalue weighted by atomic mass is 16.1. The molecule has 0 atom stereocenters. The first-order chi connectivity index (χ1) is 12.7. The van der Waals surface area contributed by atoms with Crippen molar-refractivity contribution in [3.63, 3.8) is 0 Å². The van der Waals surface area contributed by atoms with Gasteiger partial charge in [0.25, 0.3) is 0 Å². The van der Waals surface area contributed by atoms with Crippen LogP contribution in [0.2, 0.25) is 0 Å². The van der Waals surface area contributed by atoms with E-state index in [0.29, 0.717) is 29.0 Å². The van der Waals surface area contributed by atoms with Gasteiger partial charge in [-0.25, -0.2) is 0 Å². The number of aromatic amines is 2. The molecule has 4 N–H and O–H groups in total. The van der Waals surface area contributed by atoms with Crippen molar-refractivity contribution < 1.29 is 4.79 Å². The Hall–Kier alpha value is -3.42. The third-order valence-corrected chi connectivity index (χ3v) is 4.53. The standard InChI is InChI=1S/C18H17N7O/c1-9(26)13-8-19-16-15(13)17(21-11-4-5-11)24-18(23-16)22-12-3-2-10-7-20-25-14(10)6-12/h2-3,6-8,11H,4-5H2,1H3,(H,20,25)(H3,19,21,22,23,24). The van der Waals surface area contributed by atoms with Gasteiger partial charge < -0.3 is 15.6 Å². The molecule has 0 radical (unpaired) electrons. The lowest BCUT2D eigenvalue weighted by Gasteiger charge is -2.10. The fraction of sp³-hybridized carbons (Fsp3) is 0.222. The minimum Gasteiger partial charge on any atom is -0.367 e. The van der Waals surface area contributed by atoms with E-state index >= 15 is 0 Å². The second-order valence-corrected chi connectivity index (χ2v) is 6.59. The van der Waals surface area contributed by atoms with Crippen molar-refractivity contribution in [1.82, 2.24) is 25.1 Å². The molecule has 3 heterocycles. The Morgan fingerprint density at radius 2 is 2.15 bits per heavy atom. The zero-order valence-corrected chi connectivity index (χ0v) is 14.1. The lowest BCUT2D eigenvalue weighted by molar-refractivity contribution is 0.101. The van der Waals surface area contributed by atoms with Gasteiger partial charge in [-0.05, 0) is 38.0 Å². The summed E-state index contributed by atoms with van der Waals surface area (Å²) < 4.78 is 0. The van der Waals surface area contributed by atoms with Crippen molar-refractivity contribution in [2.45, 2.75) is 25.8 Å². The van der Waals surface area contributed by atoms with Crippen LogP contribution in [-0.4, -0.2) is 37.0 Å². The average molecular weight is 347 g/mol. The van der Waals surface area contributed by atoms with Crippen LogP contribution in [0, 0.1) is 0 Å². The van der Waals surface area contributed by atoms with Gasteiger partial charge in [0.2, 0.25) is 5.95 Å². The van der Waals surface area contributed by atoms with E-state index in [1.54, 1.807) is 19.3 Å². The van der Waals surface area contributed by atoms with Gasteiger partial charge in [0.15, 0.2) is 5.78 Å². The maximum atomic E-state index is 11.9. The van der Waals surface area contributed by atoms with Crippen molar-refractivity contribution >= 4 is 45.2 Å². The molecule has 8 nitrogen and oxygen atoms in total. The number of benzene rings is 1. The van der Waals surface area contributed by atoms with Gasteiger partial charge in [-0.1, -0.05) is 0 Å². The second-order valence-electron chi connectivity index (χ2n) is 6.59. The summed E-state index contributed by atoms with van der Waals surface area (Å²) in [6.07, 6.45) is 5.71. The number of nitrogens with zero attached hydrogens (tertiary/aromatic N) is 3. The predicted octanol–water partition coefficient (Wildman–Crippen LogP) is 3.35. The number of rotatable bonds is 5. The van der Waals surface area contributed by atoms with Gasteiger partial charge in [-0.2, -0.15) is 15.1 Å².